The Kier molecular flexibility index (Phi) is 4.86. The average Bonchev–Trinajstić information content (AvgIpc) is 1.96. The van der Waals surface area contributed by atoms with Gasteiger partial charge in [-0.3, -0.25) is 4.79 Å². The highest BCUT2D eigenvalue weighted by molar-refractivity contribution is 5.79. The first-order chi connectivity index (χ1) is 6.22. The maximum absolute atomic E-state index is 11.8. The highest BCUT2D eigenvalue weighted by atomic mass is 19.4. The van der Waals surface area contributed by atoms with E-state index in [-0.39, 0.29) is 6.54 Å². The fourth-order valence-electron chi connectivity index (χ4n) is 0.848. The lowest BCUT2D eigenvalue weighted by Crippen LogP contribution is -2.47. The summed E-state index contributed by atoms with van der Waals surface area (Å²) in [4.78, 5) is 10.4. The van der Waals surface area contributed by atoms with Gasteiger partial charge in [-0.25, -0.2) is 0 Å². The highest BCUT2D eigenvalue weighted by Gasteiger charge is 2.29. The zero-order valence-corrected chi connectivity index (χ0v) is 7.77. The van der Waals surface area contributed by atoms with Gasteiger partial charge in [0.2, 0.25) is 5.91 Å². The Bertz CT molecular complexity index is 195. The summed E-state index contributed by atoms with van der Waals surface area (Å²) in [5, 5.41) is 2.47. The van der Waals surface area contributed by atoms with E-state index in [2.05, 4.69) is 5.32 Å². The molecule has 0 heterocycles. The molecule has 0 spiro atoms. The van der Waals surface area contributed by atoms with Crippen molar-refractivity contribution in [2.75, 3.05) is 6.54 Å². The van der Waals surface area contributed by atoms with Gasteiger partial charge in [0.25, 0.3) is 0 Å². The topological polar surface area (TPSA) is 81.1 Å². The van der Waals surface area contributed by atoms with E-state index in [1.165, 1.54) is 6.92 Å². The van der Waals surface area contributed by atoms with Gasteiger partial charge < -0.3 is 16.8 Å². The number of carbonyl (C=O) groups is 1. The van der Waals surface area contributed by atoms with Crippen molar-refractivity contribution in [1.29, 1.82) is 0 Å². The predicted molar refractivity (Wildman–Crippen MR) is 45.3 cm³/mol. The van der Waals surface area contributed by atoms with Crippen LogP contribution < -0.4 is 16.8 Å². The molecule has 0 aliphatic carbocycles. The number of nitrogens with one attached hydrogen (secondary N) is 1. The Labute approximate surface area is 79.8 Å². The molecule has 0 saturated heterocycles. The lowest BCUT2D eigenvalue weighted by atomic mass is 10.2. The fourth-order valence-corrected chi connectivity index (χ4v) is 0.848. The summed E-state index contributed by atoms with van der Waals surface area (Å²) in [6.07, 6.45) is -5.18. The minimum atomic E-state index is -4.22. The first-order valence-electron chi connectivity index (χ1n) is 4.07. The van der Waals surface area contributed by atoms with Gasteiger partial charge in [-0.2, -0.15) is 13.2 Å². The van der Waals surface area contributed by atoms with Crippen molar-refractivity contribution >= 4 is 5.91 Å². The van der Waals surface area contributed by atoms with Gasteiger partial charge in [0.15, 0.2) is 0 Å². The Hall–Kier alpha value is -0.820. The van der Waals surface area contributed by atoms with E-state index in [4.69, 9.17) is 11.5 Å². The number of carbonyl (C=O) groups excluding carboxylic acids is 1. The van der Waals surface area contributed by atoms with Gasteiger partial charge in [0.1, 0.15) is 0 Å². The molecule has 84 valence electrons. The fraction of sp³-hybridized carbons (Fsp3) is 0.857. The average molecular weight is 213 g/mol. The normalized spacial score (nSPS) is 16.4. The molecule has 0 aliphatic rings. The van der Waals surface area contributed by atoms with Crippen LogP contribution in [-0.2, 0) is 4.79 Å². The lowest BCUT2D eigenvalue weighted by Gasteiger charge is -2.17. The number of nitrogens with two attached hydrogens (primary N) is 2. The summed E-state index contributed by atoms with van der Waals surface area (Å²) in [5.41, 5.74) is 10.0. The predicted octanol–water partition coefficient (Wildman–Crippen LogP) is -0.270. The van der Waals surface area contributed by atoms with Crippen LogP contribution in [-0.4, -0.2) is 30.7 Å². The van der Waals surface area contributed by atoms with Gasteiger partial charge in [0, 0.05) is 12.6 Å². The van der Waals surface area contributed by atoms with E-state index in [1.54, 1.807) is 0 Å². The van der Waals surface area contributed by atoms with E-state index >= 15 is 0 Å². The Morgan fingerprint density at radius 2 is 2.00 bits per heavy atom. The first-order valence-corrected chi connectivity index (χ1v) is 4.07. The Morgan fingerprint density at radius 3 is 2.36 bits per heavy atom. The van der Waals surface area contributed by atoms with Crippen LogP contribution in [0.5, 0.6) is 0 Å². The zero-order chi connectivity index (χ0) is 11.4. The molecule has 0 aromatic carbocycles. The number of hydrogen-bond donors (Lipinski definition) is 3. The highest BCUT2D eigenvalue weighted by Crippen LogP contribution is 2.21. The van der Waals surface area contributed by atoms with Crippen LogP contribution in [0.4, 0.5) is 13.2 Å². The lowest BCUT2D eigenvalue weighted by molar-refractivity contribution is -0.139. The molecule has 2 atom stereocenters. The minimum absolute atomic E-state index is 0.0490. The minimum Gasteiger partial charge on any atom is -0.368 e. The molecular weight excluding hydrogens is 199 g/mol. The quantitative estimate of drug-likeness (QED) is 0.588. The summed E-state index contributed by atoms with van der Waals surface area (Å²) in [5.74, 6) is -0.739. The third kappa shape index (κ3) is 6.67. The second-order valence-electron chi connectivity index (χ2n) is 3.14. The van der Waals surface area contributed by atoms with Crippen molar-refractivity contribution in [1.82, 2.24) is 5.32 Å². The molecule has 0 rings (SSSR count). The van der Waals surface area contributed by atoms with Gasteiger partial charge >= 0.3 is 6.18 Å². The largest absolute Gasteiger partial charge is 0.390 e. The number of alkyl halides is 3. The summed E-state index contributed by atoms with van der Waals surface area (Å²) in [6, 6.07) is -1.73. The Morgan fingerprint density at radius 1 is 1.50 bits per heavy atom. The van der Waals surface area contributed by atoms with E-state index in [0.29, 0.717) is 0 Å². The van der Waals surface area contributed by atoms with Crippen LogP contribution in [0.15, 0.2) is 0 Å². The monoisotopic (exact) mass is 213 g/mol. The summed E-state index contributed by atoms with van der Waals surface area (Å²) < 4.78 is 35.5. The maximum atomic E-state index is 11.8. The molecule has 0 fully saturated rings. The standard InChI is InChI=1S/C7H14F3N3O/c1-4(2-7(8,9)10)13-3-5(11)6(12)14/h4-5,13H,2-3,11H2,1H3,(H2,12,14). The zero-order valence-electron chi connectivity index (χ0n) is 7.77. The van der Waals surface area contributed by atoms with Crippen molar-refractivity contribution < 1.29 is 18.0 Å². The second kappa shape index (κ2) is 5.16. The number of hydrogen-bond acceptors (Lipinski definition) is 3. The summed E-state index contributed by atoms with van der Waals surface area (Å²) in [7, 11) is 0. The molecule has 0 aliphatic heterocycles. The van der Waals surface area contributed by atoms with Crippen LogP contribution in [0.3, 0.4) is 0 Å². The van der Waals surface area contributed by atoms with Crippen LogP contribution in [0.25, 0.3) is 0 Å². The molecular formula is C7H14F3N3O. The second-order valence-corrected chi connectivity index (χ2v) is 3.14. The van der Waals surface area contributed by atoms with E-state index < -0.39 is 30.6 Å². The molecule has 7 heteroatoms. The molecule has 0 radical (unpaired) electrons. The number of halogens is 3. The van der Waals surface area contributed by atoms with Crippen molar-refractivity contribution in [3.63, 3.8) is 0 Å². The SMILES string of the molecule is CC(CC(F)(F)F)NCC(N)C(N)=O. The molecule has 0 aromatic rings. The third-order valence-corrected chi connectivity index (χ3v) is 1.59. The molecule has 1 amide bonds. The van der Waals surface area contributed by atoms with E-state index in [0.717, 1.165) is 0 Å². The number of amides is 1. The van der Waals surface area contributed by atoms with Crippen LogP contribution in [0, 0.1) is 0 Å². The van der Waals surface area contributed by atoms with Gasteiger partial charge in [0.05, 0.1) is 12.5 Å². The molecule has 0 aromatic heterocycles. The van der Waals surface area contributed by atoms with Crippen molar-refractivity contribution in [3.05, 3.63) is 0 Å². The van der Waals surface area contributed by atoms with Crippen LogP contribution in [0.2, 0.25) is 0 Å². The van der Waals surface area contributed by atoms with Gasteiger partial charge in [-0.05, 0) is 6.92 Å². The molecule has 5 N–H and O–H groups in total. The third-order valence-electron chi connectivity index (χ3n) is 1.59. The molecule has 0 saturated carbocycles. The van der Waals surface area contributed by atoms with Crippen LogP contribution >= 0.6 is 0 Å². The summed E-state index contributed by atoms with van der Waals surface area (Å²) >= 11 is 0. The van der Waals surface area contributed by atoms with Gasteiger partial charge in [-0.1, -0.05) is 0 Å². The van der Waals surface area contributed by atoms with E-state index in [9.17, 15) is 18.0 Å². The van der Waals surface area contributed by atoms with Gasteiger partial charge in [-0.15, -0.1) is 0 Å². The van der Waals surface area contributed by atoms with Crippen molar-refractivity contribution in [3.8, 4) is 0 Å². The summed E-state index contributed by atoms with van der Waals surface area (Å²) in [6.45, 7) is 1.31. The van der Waals surface area contributed by atoms with E-state index in [1.807, 2.05) is 0 Å². The maximum Gasteiger partial charge on any atom is 0.390 e. The molecule has 14 heavy (non-hydrogen) atoms. The van der Waals surface area contributed by atoms with Crippen molar-refractivity contribution in [2.45, 2.75) is 31.6 Å². The Balaban J connectivity index is 3.74. The number of rotatable bonds is 5. The molecule has 0 bridgehead atoms. The van der Waals surface area contributed by atoms with Crippen LogP contribution in [0.1, 0.15) is 13.3 Å². The molecule has 2 unspecified atom stereocenters. The first kappa shape index (κ1) is 13.2. The smallest absolute Gasteiger partial charge is 0.368 e. The number of primary amides is 1. The van der Waals surface area contributed by atoms with Crippen molar-refractivity contribution in [2.24, 2.45) is 11.5 Å². The molecule has 4 nitrogen and oxygen atoms in total.